The molecule has 0 aliphatic carbocycles. The van der Waals surface area contributed by atoms with Gasteiger partial charge in [0.2, 0.25) is 5.88 Å². The third-order valence-electron chi connectivity index (χ3n) is 4.14. The zero-order valence-corrected chi connectivity index (χ0v) is 17.0. The van der Waals surface area contributed by atoms with Crippen molar-refractivity contribution in [2.45, 2.75) is 13.5 Å². The predicted octanol–water partition coefficient (Wildman–Crippen LogP) is 4.51. The van der Waals surface area contributed by atoms with Gasteiger partial charge in [-0.3, -0.25) is 0 Å². The number of oxime groups is 1. The van der Waals surface area contributed by atoms with Crippen molar-refractivity contribution in [1.82, 2.24) is 9.78 Å². The molecule has 3 rings (SSSR count). The van der Waals surface area contributed by atoms with Crippen LogP contribution < -0.4 is 4.74 Å². The molecular formula is C21H20ClN3O4. The zero-order valence-electron chi connectivity index (χ0n) is 16.3. The Morgan fingerprint density at radius 2 is 1.93 bits per heavy atom. The number of hydrogen-bond acceptors (Lipinski definition) is 6. The SMILES string of the molecule is COC(=O)c1ccccc1CON=Cc1c(C)nn(C)c1Oc1ccc(Cl)cc1. The number of esters is 1. The van der Waals surface area contributed by atoms with Crippen LogP contribution in [-0.4, -0.2) is 29.1 Å². The van der Waals surface area contributed by atoms with E-state index in [-0.39, 0.29) is 6.61 Å². The summed E-state index contributed by atoms with van der Waals surface area (Å²) in [6.45, 7) is 1.97. The number of ether oxygens (including phenoxy) is 2. The van der Waals surface area contributed by atoms with Gasteiger partial charge in [-0.1, -0.05) is 35.0 Å². The molecule has 0 fully saturated rings. The highest BCUT2D eigenvalue weighted by Crippen LogP contribution is 2.27. The molecule has 0 aliphatic heterocycles. The average molecular weight is 414 g/mol. The molecule has 0 bridgehead atoms. The van der Waals surface area contributed by atoms with Crippen molar-refractivity contribution in [3.05, 3.63) is 75.9 Å². The Labute approximate surface area is 173 Å². The maximum atomic E-state index is 11.8. The van der Waals surface area contributed by atoms with Gasteiger partial charge >= 0.3 is 5.97 Å². The standard InChI is InChI=1S/C21H20ClN3O4/c1-14-19(20(25(2)24-14)29-17-10-8-16(22)9-11-17)12-23-28-13-15-6-4-5-7-18(15)21(26)27-3/h4-12H,13H2,1-3H3. The number of aryl methyl sites for hydroxylation is 2. The molecule has 0 unspecified atom stereocenters. The van der Waals surface area contributed by atoms with E-state index in [4.69, 9.17) is 25.9 Å². The average Bonchev–Trinajstić information content (AvgIpc) is 2.99. The van der Waals surface area contributed by atoms with Crippen molar-refractivity contribution < 1.29 is 19.1 Å². The second kappa shape index (κ2) is 9.25. The van der Waals surface area contributed by atoms with Gasteiger partial charge in [-0.2, -0.15) is 5.10 Å². The smallest absolute Gasteiger partial charge is 0.338 e. The molecule has 2 aromatic carbocycles. The number of carbonyl (C=O) groups excluding carboxylic acids is 1. The Hall–Kier alpha value is -3.32. The minimum atomic E-state index is -0.421. The summed E-state index contributed by atoms with van der Waals surface area (Å²) in [5.41, 5.74) is 2.54. The lowest BCUT2D eigenvalue weighted by Gasteiger charge is -2.07. The molecule has 1 heterocycles. The van der Waals surface area contributed by atoms with Crippen LogP contribution in [0.25, 0.3) is 0 Å². The first-order valence-corrected chi connectivity index (χ1v) is 9.16. The lowest BCUT2D eigenvalue weighted by atomic mass is 10.1. The molecule has 0 amide bonds. The molecule has 0 atom stereocenters. The van der Waals surface area contributed by atoms with E-state index in [1.807, 2.05) is 13.0 Å². The van der Waals surface area contributed by atoms with Crippen LogP contribution in [0.1, 0.15) is 27.2 Å². The minimum absolute atomic E-state index is 0.120. The molecule has 0 radical (unpaired) electrons. The Balaban J connectivity index is 1.73. The van der Waals surface area contributed by atoms with Crippen LogP contribution in [0, 0.1) is 6.92 Å². The first kappa shape index (κ1) is 20.4. The fourth-order valence-electron chi connectivity index (χ4n) is 2.69. The first-order valence-electron chi connectivity index (χ1n) is 8.78. The summed E-state index contributed by atoms with van der Waals surface area (Å²) in [5, 5.41) is 9.02. The number of nitrogens with zero attached hydrogens (tertiary/aromatic N) is 3. The number of hydrogen-bond donors (Lipinski definition) is 0. The van der Waals surface area contributed by atoms with E-state index in [1.54, 1.807) is 54.2 Å². The van der Waals surface area contributed by atoms with Gasteiger partial charge in [-0.25, -0.2) is 9.48 Å². The van der Waals surface area contributed by atoms with Gasteiger partial charge < -0.3 is 14.3 Å². The van der Waals surface area contributed by atoms with E-state index in [0.717, 1.165) is 5.69 Å². The van der Waals surface area contributed by atoms with Crippen LogP contribution in [0.3, 0.4) is 0 Å². The second-order valence-corrected chi connectivity index (χ2v) is 6.58. The highest BCUT2D eigenvalue weighted by Gasteiger charge is 2.15. The molecule has 29 heavy (non-hydrogen) atoms. The maximum absolute atomic E-state index is 11.8. The maximum Gasteiger partial charge on any atom is 0.338 e. The number of halogens is 1. The molecule has 3 aromatic rings. The van der Waals surface area contributed by atoms with Crippen LogP contribution >= 0.6 is 11.6 Å². The molecule has 1 aromatic heterocycles. The Bertz CT molecular complexity index is 1030. The number of rotatable bonds is 7. The van der Waals surface area contributed by atoms with Crippen LogP contribution in [0.15, 0.2) is 53.7 Å². The molecule has 0 N–H and O–H groups in total. The van der Waals surface area contributed by atoms with Gasteiger partial charge in [-0.05, 0) is 37.3 Å². The van der Waals surface area contributed by atoms with Crippen molar-refractivity contribution >= 4 is 23.8 Å². The van der Waals surface area contributed by atoms with Gasteiger partial charge in [0.15, 0.2) is 0 Å². The van der Waals surface area contributed by atoms with Crippen LogP contribution in [0.4, 0.5) is 0 Å². The minimum Gasteiger partial charge on any atom is -0.465 e. The molecule has 7 nitrogen and oxygen atoms in total. The molecule has 0 aliphatic rings. The van der Waals surface area contributed by atoms with E-state index in [0.29, 0.717) is 33.3 Å². The monoisotopic (exact) mass is 413 g/mol. The fraction of sp³-hybridized carbons (Fsp3) is 0.190. The summed E-state index contributed by atoms with van der Waals surface area (Å²) in [4.78, 5) is 17.2. The largest absolute Gasteiger partial charge is 0.465 e. The van der Waals surface area contributed by atoms with Gasteiger partial charge in [0, 0.05) is 17.6 Å². The summed E-state index contributed by atoms with van der Waals surface area (Å²) >= 11 is 5.92. The predicted molar refractivity (Wildman–Crippen MR) is 110 cm³/mol. The molecule has 8 heteroatoms. The number of carbonyl (C=O) groups is 1. The van der Waals surface area contributed by atoms with Crippen LogP contribution in [-0.2, 0) is 23.2 Å². The van der Waals surface area contributed by atoms with Crippen molar-refractivity contribution in [1.29, 1.82) is 0 Å². The van der Waals surface area contributed by atoms with Gasteiger partial charge in [0.25, 0.3) is 0 Å². The summed E-state index contributed by atoms with van der Waals surface area (Å²) in [5.74, 6) is 0.724. The fourth-order valence-corrected chi connectivity index (χ4v) is 2.82. The quantitative estimate of drug-likeness (QED) is 0.323. The molecule has 0 saturated carbocycles. The summed E-state index contributed by atoms with van der Waals surface area (Å²) in [6, 6.07) is 14.1. The lowest BCUT2D eigenvalue weighted by molar-refractivity contribution is 0.0593. The van der Waals surface area contributed by atoms with Crippen molar-refractivity contribution in [2.75, 3.05) is 7.11 Å². The van der Waals surface area contributed by atoms with E-state index >= 15 is 0 Å². The third kappa shape index (κ3) is 4.94. The first-order chi connectivity index (χ1) is 14.0. The second-order valence-electron chi connectivity index (χ2n) is 6.14. The highest BCUT2D eigenvalue weighted by atomic mass is 35.5. The van der Waals surface area contributed by atoms with Gasteiger partial charge in [-0.15, -0.1) is 0 Å². The van der Waals surface area contributed by atoms with Gasteiger partial charge in [0.1, 0.15) is 12.4 Å². The lowest BCUT2D eigenvalue weighted by Crippen LogP contribution is -2.06. The van der Waals surface area contributed by atoms with Crippen molar-refractivity contribution in [2.24, 2.45) is 12.2 Å². The molecule has 0 saturated heterocycles. The number of benzene rings is 2. The van der Waals surface area contributed by atoms with E-state index in [2.05, 4.69) is 10.3 Å². The van der Waals surface area contributed by atoms with E-state index in [1.165, 1.54) is 13.3 Å². The Kier molecular flexibility index (Phi) is 6.51. The highest BCUT2D eigenvalue weighted by molar-refractivity contribution is 6.30. The van der Waals surface area contributed by atoms with Crippen LogP contribution in [0.5, 0.6) is 11.6 Å². The summed E-state index contributed by atoms with van der Waals surface area (Å²) in [6.07, 6.45) is 1.54. The Morgan fingerprint density at radius 1 is 1.21 bits per heavy atom. The van der Waals surface area contributed by atoms with E-state index < -0.39 is 5.97 Å². The zero-order chi connectivity index (χ0) is 20.8. The summed E-state index contributed by atoms with van der Waals surface area (Å²) in [7, 11) is 3.12. The number of aromatic nitrogens is 2. The van der Waals surface area contributed by atoms with Crippen molar-refractivity contribution in [3.63, 3.8) is 0 Å². The molecule has 0 spiro atoms. The summed E-state index contributed by atoms with van der Waals surface area (Å²) < 4.78 is 12.3. The normalized spacial score (nSPS) is 10.9. The Morgan fingerprint density at radius 3 is 2.66 bits per heavy atom. The van der Waals surface area contributed by atoms with Gasteiger partial charge in [0.05, 0.1) is 30.1 Å². The topological polar surface area (TPSA) is 74.9 Å². The number of methoxy groups -OCH3 is 1. The van der Waals surface area contributed by atoms with Crippen LogP contribution in [0.2, 0.25) is 5.02 Å². The molecule has 150 valence electrons. The molecular weight excluding hydrogens is 394 g/mol. The van der Waals surface area contributed by atoms with Crippen molar-refractivity contribution in [3.8, 4) is 11.6 Å². The van der Waals surface area contributed by atoms with E-state index in [9.17, 15) is 4.79 Å². The third-order valence-corrected chi connectivity index (χ3v) is 4.39.